The molecule has 1 fully saturated rings. The van der Waals surface area contributed by atoms with E-state index in [9.17, 15) is 4.79 Å². The van der Waals surface area contributed by atoms with Gasteiger partial charge in [0.15, 0.2) is 0 Å². The summed E-state index contributed by atoms with van der Waals surface area (Å²) in [7, 11) is 0. The van der Waals surface area contributed by atoms with Crippen LogP contribution in [0.1, 0.15) is 18.2 Å². The van der Waals surface area contributed by atoms with Gasteiger partial charge in [-0.05, 0) is 13.0 Å². The van der Waals surface area contributed by atoms with E-state index in [0.29, 0.717) is 43.5 Å². The molecular formula is C19H22ClN7O2. The molecule has 0 radical (unpaired) electrons. The monoisotopic (exact) mass is 415 g/mol. The predicted octanol–water partition coefficient (Wildman–Crippen LogP) is 2.37. The Kier molecular flexibility index (Phi) is 7.34. The van der Waals surface area contributed by atoms with Gasteiger partial charge in [0.2, 0.25) is 0 Å². The highest BCUT2D eigenvalue weighted by Crippen LogP contribution is 2.13. The lowest BCUT2D eigenvalue weighted by Crippen LogP contribution is -2.49. The van der Waals surface area contributed by atoms with Crippen molar-refractivity contribution in [3.05, 3.63) is 52.9 Å². The largest absolute Gasteiger partial charge is 0.450 e. The molecule has 0 bridgehead atoms. The SMILES string of the molecule is CCOC(=O)N1CCN(c2cncc(/C=N\N/N=C\c3ccccc3Cl)n2)CC1. The van der Waals surface area contributed by atoms with E-state index in [0.717, 1.165) is 11.4 Å². The van der Waals surface area contributed by atoms with Gasteiger partial charge in [0.25, 0.3) is 0 Å². The number of ether oxygens (including phenoxy) is 1. The number of hydrogen-bond acceptors (Lipinski definition) is 8. The summed E-state index contributed by atoms with van der Waals surface area (Å²) in [5, 5.41) is 8.64. The third-order valence-corrected chi connectivity index (χ3v) is 4.54. The molecule has 0 atom stereocenters. The van der Waals surface area contributed by atoms with Crippen molar-refractivity contribution in [3.63, 3.8) is 0 Å². The first-order valence-corrected chi connectivity index (χ1v) is 9.59. The topological polar surface area (TPSA) is 95.3 Å². The lowest BCUT2D eigenvalue weighted by Gasteiger charge is -2.34. The van der Waals surface area contributed by atoms with Crippen molar-refractivity contribution < 1.29 is 9.53 Å². The van der Waals surface area contributed by atoms with Crippen LogP contribution in [0.4, 0.5) is 10.6 Å². The van der Waals surface area contributed by atoms with Crippen LogP contribution >= 0.6 is 11.6 Å². The fourth-order valence-electron chi connectivity index (χ4n) is 2.72. The molecule has 1 aromatic carbocycles. The van der Waals surface area contributed by atoms with Crippen molar-refractivity contribution in [2.24, 2.45) is 10.2 Å². The van der Waals surface area contributed by atoms with E-state index in [2.05, 4.69) is 30.6 Å². The van der Waals surface area contributed by atoms with Crippen molar-refractivity contribution in [3.8, 4) is 0 Å². The number of piperazine rings is 1. The second kappa shape index (κ2) is 10.4. The van der Waals surface area contributed by atoms with Gasteiger partial charge in [-0.2, -0.15) is 15.7 Å². The van der Waals surface area contributed by atoms with Crippen LogP contribution in [0.25, 0.3) is 0 Å². The number of carbonyl (C=O) groups excluding carboxylic acids is 1. The first kappa shape index (κ1) is 20.5. The Morgan fingerprint density at radius 1 is 1.21 bits per heavy atom. The van der Waals surface area contributed by atoms with Gasteiger partial charge in [0.1, 0.15) is 11.5 Å². The molecule has 1 saturated heterocycles. The molecule has 1 N–H and O–H groups in total. The fraction of sp³-hybridized carbons (Fsp3) is 0.316. The van der Waals surface area contributed by atoms with E-state index < -0.39 is 0 Å². The average molecular weight is 416 g/mol. The van der Waals surface area contributed by atoms with Crippen LogP contribution in [0.3, 0.4) is 0 Å². The summed E-state index contributed by atoms with van der Waals surface area (Å²) in [6, 6.07) is 7.38. The summed E-state index contributed by atoms with van der Waals surface area (Å²) < 4.78 is 5.04. The Bertz CT molecular complexity index is 882. The molecule has 2 heterocycles. The lowest BCUT2D eigenvalue weighted by atomic mass is 10.2. The molecule has 1 amide bonds. The summed E-state index contributed by atoms with van der Waals surface area (Å²) in [4.78, 5) is 24.3. The van der Waals surface area contributed by atoms with Gasteiger partial charge >= 0.3 is 6.09 Å². The van der Waals surface area contributed by atoms with Crippen molar-refractivity contribution in [2.45, 2.75) is 6.92 Å². The number of rotatable bonds is 6. The molecule has 3 rings (SSSR count). The van der Waals surface area contributed by atoms with Gasteiger partial charge in [-0.15, -0.1) is 0 Å². The van der Waals surface area contributed by atoms with E-state index in [4.69, 9.17) is 16.3 Å². The van der Waals surface area contributed by atoms with Gasteiger partial charge in [-0.25, -0.2) is 9.78 Å². The minimum Gasteiger partial charge on any atom is -0.450 e. The Balaban J connectivity index is 1.53. The number of nitrogens with zero attached hydrogens (tertiary/aromatic N) is 6. The molecule has 1 aliphatic rings. The third kappa shape index (κ3) is 5.89. The standard InChI is InChI=1S/C19H22ClN7O2/c1-2-29-19(28)27-9-7-26(8-10-27)18-14-21-12-16(24-18)13-23-25-22-11-15-5-3-4-6-17(15)20/h3-6,11-14,25H,2,7-10H2,1H3/b22-11-,23-13-. The minimum absolute atomic E-state index is 0.275. The van der Waals surface area contributed by atoms with E-state index in [1.807, 2.05) is 18.2 Å². The van der Waals surface area contributed by atoms with Crippen LogP contribution in [0.5, 0.6) is 0 Å². The molecule has 0 saturated carbocycles. The molecule has 10 heteroatoms. The maximum Gasteiger partial charge on any atom is 0.409 e. The Hall–Kier alpha value is -3.20. The van der Waals surface area contributed by atoms with Crippen molar-refractivity contribution in [1.82, 2.24) is 20.4 Å². The van der Waals surface area contributed by atoms with Crippen LogP contribution in [0, 0.1) is 0 Å². The van der Waals surface area contributed by atoms with Gasteiger partial charge in [-0.3, -0.25) is 4.98 Å². The molecule has 0 spiro atoms. The Labute approximate surface area is 174 Å². The van der Waals surface area contributed by atoms with Crippen LogP contribution in [-0.2, 0) is 4.74 Å². The Morgan fingerprint density at radius 2 is 1.97 bits per heavy atom. The number of hydrazone groups is 2. The summed E-state index contributed by atoms with van der Waals surface area (Å²) in [6.45, 7) is 4.66. The number of halogens is 1. The summed E-state index contributed by atoms with van der Waals surface area (Å²) >= 11 is 6.06. The number of anilines is 1. The zero-order valence-corrected chi connectivity index (χ0v) is 16.8. The number of nitrogens with one attached hydrogen (secondary N) is 1. The highest BCUT2D eigenvalue weighted by Gasteiger charge is 2.22. The summed E-state index contributed by atoms with van der Waals surface area (Å²) in [5.41, 5.74) is 3.97. The highest BCUT2D eigenvalue weighted by atomic mass is 35.5. The average Bonchev–Trinajstić information content (AvgIpc) is 2.75. The molecule has 0 aliphatic carbocycles. The maximum absolute atomic E-state index is 11.8. The second-order valence-corrected chi connectivity index (χ2v) is 6.52. The van der Waals surface area contributed by atoms with E-state index >= 15 is 0 Å². The van der Waals surface area contributed by atoms with E-state index in [1.54, 1.807) is 36.5 Å². The molecule has 9 nitrogen and oxygen atoms in total. The lowest BCUT2D eigenvalue weighted by molar-refractivity contribution is 0.105. The minimum atomic E-state index is -0.275. The maximum atomic E-state index is 11.8. The van der Waals surface area contributed by atoms with Crippen LogP contribution in [0.15, 0.2) is 46.9 Å². The first-order valence-electron chi connectivity index (χ1n) is 9.21. The van der Waals surface area contributed by atoms with Crippen LogP contribution in [0.2, 0.25) is 5.02 Å². The van der Waals surface area contributed by atoms with Crippen LogP contribution in [-0.4, -0.2) is 66.2 Å². The number of carbonyl (C=O) groups is 1. The molecule has 0 unspecified atom stereocenters. The van der Waals surface area contributed by atoms with Crippen LogP contribution < -0.4 is 10.4 Å². The zero-order valence-electron chi connectivity index (χ0n) is 16.0. The molecular weight excluding hydrogens is 394 g/mol. The highest BCUT2D eigenvalue weighted by molar-refractivity contribution is 6.33. The molecule has 2 aromatic rings. The molecule has 29 heavy (non-hydrogen) atoms. The fourth-order valence-corrected chi connectivity index (χ4v) is 2.91. The number of aromatic nitrogens is 2. The van der Waals surface area contributed by atoms with Gasteiger partial charge in [0.05, 0.1) is 31.4 Å². The van der Waals surface area contributed by atoms with Gasteiger partial charge < -0.3 is 14.5 Å². The molecule has 1 aliphatic heterocycles. The second-order valence-electron chi connectivity index (χ2n) is 6.11. The molecule has 1 aromatic heterocycles. The van der Waals surface area contributed by atoms with Crippen molar-refractivity contribution in [1.29, 1.82) is 0 Å². The molecule has 152 valence electrons. The van der Waals surface area contributed by atoms with Crippen molar-refractivity contribution >= 4 is 35.9 Å². The smallest absolute Gasteiger partial charge is 0.409 e. The summed E-state index contributed by atoms with van der Waals surface area (Å²) in [6.07, 6.45) is 6.16. The number of amides is 1. The zero-order chi connectivity index (χ0) is 20.5. The van der Waals surface area contributed by atoms with E-state index in [1.165, 1.54) is 6.21 Å². The first-order chi connectivity index (χ1) is 14.2. The third-order valence-electron chi connectivity index (χ3n) is 4.19. The number of hydrogen-bond donors (Lipinski definition) is 1. The Morgan fingerprint density at radius 3 is 2.72 bits per heavy atom. The van der Waals surface area contributed by atoms with E-state index in [-0.39, 0.29) is 6.09 Å². The normalized spacial score (nSPS) is 14.6. The number of benzene rings is 1. The predicted molar refractivity (Wildman–Crippen MR) is 113 cm³/mol. The van der Waals surface area contributed by atoms with Crippen molar-refractivity contribution in [2.75, 3.05) is 37.7 Å². The summed E-state index contributed by atoms with van der Waals surface area (Å²) in [5.74, 6) is 0.733. The quantitative estimate of drug-likeness (QED) is 0.574. The van der Waals surface area contributed by atoms with Gasteiger partial charge in [0, 0.05) is 36.8 Å². The van der Waals surface area contributed by atoms with Gasteiger partial charge in [-0.1, -0.05) is 29.8 Å².